The predicted molar refractivity (Wildman–Crippen MR) is 92.3 cm³/mol. The fourth-order valence-electron chi connectivity index (χ4n) is 3.31. The number of morpholine rings is 1. The van der Waals surface area contributed by atoms with Crippen molar-refractivity contribution >= 4 is 15.9 Å². The number of aromatic nitrogens is 4. The molecule has 0 aliphatic carbocycles. The summed E-state index contributed by atoms with van der Waals surface area (Å²) in [6.45, 7) is 2.17. The third kappa shape index (κ3) is 4.15. The van der Waals surface area contributed by atoms with Gasteiger partial charge in [0.1, 0.15) is 0 Å². The van der Waals surface area contributed by atoms with Gasteiger partial charge in [-0.15, -0.1) is 15.3 Å². The first-order chi connectivity index (χ1) is 13.7. The minimum atomic E-state index is -4.69. The number of rotatable bonds is 5. The molecule has 2 aromatic rings. The molecule has 0 N–H and O–H groups in total. The highest BCUT2D eigenvalue weighted by molar-refractivity contribution is 7.86. The highest BCUT2D eigenvalue weighted by atomic mass is 32.2. The Kier molecular flexibility index (Phi) is 5.35. The van der Waals surface area contributed by atoms with Gasteiger partial charge in [0.25, 0.3) is 16.0 Å². The molecule has 0 saturated carbocycles. The number of halogens is 3. The summed E-state index contributed by atoms with van der Waals surface area (Å²) in [5.74, 6) is -1.34. The van der Waals surface area contributed by atoms with Crippen molar-refractivity contribution in [2.24, 2.45) is 5.92 Å². The predicted octanol–water partition coefficient (Wildman–Crippen LogP) is 0.421. The first-order valence-corrected chi connectivity index (χ1v) is 10.4. The van der Waals surface area contributed by atoms with Crippen molar-refractivity contribution in [1.82, 2.24) is 28.4 Å². The Bertz CT molecular complexity index is 976. The van der Waals surface area contributed by atoms with Crippen molar-refractivity contribution in [3.63, 3.8) is 0 Å². The summed E-state index contributed by atoms with van der Waals surface area (Å²) in [6, 6.07) is 2.73. The Balaban J connectivity index is 1.39. The van der Waals surface area contributed by atoms with Gasteiger partial charge in [-0.25, -0.2) is 0 Å². The fraction of sp³-hybridized carbons (Fsp3) is 0.667. The molecule has 29 heavy (non-hydrogen) atoms. The maximum Gasteiger partial charge on any atom is 0.453 e. The Morgan fingerprint density at radius 1 is 1.14 bits per heavy atom. The van der Waals surface area contributed by atoms with Crippen LogP contribution in [0.2, 0.25) is 0 Å². The first kappa shape index (κ1) is 20.3. The molecule has 4 heterocycles. The quantitative estimate of drug-likeness (QED) is 0.670. The van der Waals surface area contributed by atoms with E-state index in [1.807, 2.05) is 0 Å². The van der Waals surface area contributed by atoms with Gasteiger partial charge in [0.05, 0.1) is 19.8 Å². The summed E-state index contributed by atoms with van der Waals surface area (Å²) < 4.78 is 78.3. The summed E-state index contributed by atoms with van der Waals surface area (Å²) in [4.78, 5) is 0. The van der Waals surface area contributed by atoms with E-state index in [0.717, 1.165) is 0 Å². The Morgan fingerprint density at radius 3 is 2.62 bits per heavy atom. The summed E-state index contributed by atoms with van der Waals surface area (Å²) in [6.07, 6.45) is -4.10. The van der Waals surface area contributed by atoms with Crippen LogP contribution < -0.4 is 4.74 Å². The van der Waals surface area contributed by atoms with E-state index < -0.39 is 22.2 Å². The van der Waals surface area contributed by atoms with E-state index in [2.05, 4.69) is 15.3 Å². The molecule has 2 fully saturated rings. The van der Waals surface area contributed by atoms with Crippen molar-refractivity contribution < 1.29 is 31.1 Å². The molecule has 14 heteroatoms. The van der Waals surface area contributed by atoms with Gasteiger partial charge in [-0.05, 0) is 12.5 Å². The van der Waals surface area contributed by atoms with Gasteiger partial charge in [-0.3, -0.25) is 0 Å². The van der Waals surface area contributed by atoms with Crippen molar-refractivity contribution in [3.05, 3.63) is 18.0 Å². The number of hydrogen-bond acceptors (Lipinski definition) is 7. The lowest BCUT2D eigenvalue weighted by molar-refractivity contribution is -0.146. The summed E-state index contributed by atoms with van der Waals surface area (Å²) in [5, 5.41) is 10.3. The molecule has 0 bridgehead atoms. The molecule has 2 aromatic heterocycles. The average molecular weight is 436 g/mol. The van der Waals surface area contributed by atoms with Gasteiger partial charge in [-0.2, -0.15) is 34.7 Å². The molecule has 0 radical (unpaired) electrons. The Labute approximate surface area is 164 Å². The summed E-state index contributed by atoms with van der Waals surface area (Å²) >= 11 is 0. The minimum absolute atomic E-state index is 0.0164. The van der Waals surface area contributed by atoms with Crippen molar-refractivity contribution in [1.29, 1.82) is 0 Å². The van der Waals surface area contributed by atoms with Crippen LogP contribution in [0.5, 0.6) is 5.88 Å². The van der Waals surface area contributed by atoms with E-state index in [1.165, 1.54) is 20.7 Å². The van der Waals surface area contributed by atoms with Gasteiger partial charge in [0.2, 0.25) is 5.88 Å². The van der Waals surface area contributed by atoms with Crippen LogP contribution in [0.3, 0.4) is 0 Å². The van der Waals surface area contributed by atoms with E-state index in [4.69, 9.17) is 9.47 Å². The number of alkyl halides is 3. The third-order valence-electron chi connectivity index (χ3n) is 4.83. The van der Waals surface area contributed by atoms with Gasteiger partial charge in [0, 0.05) is 38.2 Å². The molecule has 2 saturated heterocycles. The molecule has 4 rings (SSSR count). The van der Waals surface area contributed by atoms with Gasteiger partial charge in [0.15, 0.2) is 5.65 Å². The smallest absolute Gasteiger partial charge is 0.453 e. The molecule has 2 aliphatic heterocycles. The van der Waals surface area contributed by atoms with E-state index >= 15 is 0 Å². The second kappa shape index (κ2) is 7.66. The SMILES string of the molecule is O=S(=O)(N1CCOCC1)N1CCC(COc2ccc3nnc(C(F)(F)F)n3n2)C1. The van der Waals surface area contributed by atoms with Crippen molar-refractivity contribution in [2.45, 2.75) is 12.6 Å². The van der Waals surface area contributed by atoms with Gasteiger partial charge in [-0.1, -0.05) is 0 Å². The maximum atomic E-state index is 12.9. The van der Waals surface area contributed by atoms with Crippen LogP contribution in [0.4, 0.5) is 13.2 Å². The van der Waals surface area contributed by atoms with E-state index in [1.54, 1.807) is 0 Å². The third-order valence-corrected chi connectivity index (χ3v) is 6.83. The van der Waals surface area contributed by atoms with Crippen molar-refractivity contribution in [3.8, 4) is 5.88 Å². The van der Waals surface area contributed by atoms with E-state index in [0.29, 0.717) is 43.8 Å². The molecule has 0 spiro atoms. The number of fused-ring (bicyclic) bond motifs is 1. The van der Waals surface area contributed by atoms with E-state index in [9.17, 15) is 21.6 Å². The van der Waals surface area contributed by atoms with Crippen LogP contribution >= 0.6 is 0 Å². The molecular formula is C15H19F3N6O4S. The largest absolute Gasteiger partial charge is 0.476 e. The minimum Gasteiger partial charge on any atom is -0.476 e. The fourth-order valence-corrected chi connectivity index (χ4v) is 4.98. The second-order valence-electron chi connectivity index (χ2n) is 6.81. The van der Waals surface area contributed by atoms with Crippen LogP contribution in [0.25, 0.3) is 5.65 Å². The average Bonchev–Trinajstić information content (AvgIpc) is 3.34. The highest BCUT2D eigenvalue weighted by Gasteiger charge is 2.38. The molecule has 1 unspecified atom stereocenters. The normalized spacial score (nSPS) is 22.4. The molecular weight excluding hydrogens is 417 g/mol. The second-order valence-corrected chi connectivity index (χ2v) is 8.73. The zero-order valence-corrected chi connectivity index (χ0v) is 16.1. The lowest BCUT2D eigenvalue weighted by Gasteiger charge is -2.30. The zero-order chi connectivity index (χ0) is 20.6. The van der Waals surface area contributed by atoms with Crippen LogP contribution in [-0.2, 0) is 21.1 Å². The van der Waals surface area contributed by atoms with Crippen LogP contribution in [-0.4, -0.2) is 82.8 Å². The summed E-state index contributed by atoms with van der Waals surface area (Å²) in [7, 11) is -3.55. The molecule has 0 aromatic carbocycles. The molecule has 2 aliphatic rings. The highest BCUT2D eigenvalue weighted by Crippen LogP contribution is 2.28. The van der Waals surface area contributed by atoms with Gasteiger partial charge >= 0.3 is 6.18 Å². The monoisotopic (exact) mass is 436 g/mol. The Morgan fingerprint density at radius 2 is 1.90 bits per heavy atom. The molecule has 10 nitrogen and oxygen atoms in total. The standard InChI is InChI=1S/C15H19F3N6O4S/c16-15(17,18)14-20-19-12-1-2-13(21-24(12)14)28-10-11-3-4-23(9-11)29(25,26)22-5-7-27-8-6-22/h1-2,11H,3-10H2. The first-order valence-electron chi connectivity index (χ1n) is 9.00. The lowest BCUT2D eigenvalue weighted by atomic mass is 10.1. The maximum absolute atomic E-state index is 12.9. The molecule has 1 atom stereocenters. The molecule has 0 amide bonds. The van der Waals surface area contributed by atoms with Crippen molar-refractivity contribution in [2.75, 3.05) is 46.0 Å². The van der Waals surface area contributed by atoms with Gasteiger partial charge < -0.3 is 9.47 Å². The molecule has 160 valence electrons. The van der Waals surface area contributed by atoms with Crippen LogP contribution in [0.1, 0.15) is 12.2 Å². The van der Waals surface area contributed by atoms with Crippen LogP contribution in [0, 0.1) is 5.92 Å². The number of ether oxygens (including phenoxy) is 2. The Hall–Kier alpha value is -2.03. The lowest BCUT2D eigenvalue weighted by Crippen LogP contribution is -2.47. The summed E-state index contributed by atoms with van der Waals surface area (Å²) in [5.41, 5.74) is -0.0479. The number of hydrogen-bond donors (Lipinski definition) is 0. The number of nitrogens with zero attached hydrogens (tertiary/aromatic N) is 6. The van der Waals surface area contributed by atoms with E-state index in [-0.39, 0.29) is 30.6 Å². The van der Waals surface area contributed by atoms with Crippen LogP contribution in [0.15, 0.2) is 12.1 Å². The topological polar surface area (TPSA) is 102 Å². The zero-order valence-electron chi connectivity index (χ0n) is 15.2.